The highest BCUT2D eigenvalue weighted by molar-refractivity contribution is 5.77. The zero-order valence-corrected chi connectivity index (χ0v) is 12.7. The molecule has 6 heteroatoms. The summed E-state index contributed by atoms with van der Waals surface area (Å²) in [5.41, 5.74) is 8.60. The van der Waals surface area contributed by atoms with Gasteiger partial charge < -0.3 is 10.6 Å². The molecule has 2 aromatic rings. The van der Waals surface area contributed by atoms with E-state index in [1.807, 2.05) is 13.8 Å². The van der Waals surface area contributed by atoms with Gasteiger partial charge in [-0.1, -0.05) is 6.07 Å². The molecule has 3 rings (SSSR count). The normalized spacial score (nSPS) is 17.4. The van der Waals surface area contributed by atoms with Crippen LogP contribution in [0.25, 0.3) is 0 Å². The summed E-state index contributed by atoms with van der Waals surface area (Å²) in [6.45, 7) is 4.49. The SMILES string of the molecule is Cc1cc(N)n(CC(=O)N2CCc3ccc(F)cc3[C@@H]2C)n1. The molecule has 1 aliphatic heterocycles. The van der Waals surface area contributed by atoms with Gasteiger partial charge in [0.1, 0.15) is 18.2 Å². The lowest BCUT2D eigenvalue weighted by Crippen LogP contribution is -2.40. The number of halogens is 1. The quantitative estimate of drug-likeness (QED) is 0.923. The van der Waals surface area contributed by atoms with Gasteiger partial charge in [-0.3, -0.25) is 4.79 Å². The lowest BCUT2D eigenvalue weighted by Gasteiger charge is -2.35. The van der Waals surface area contributed by atoms with Crippen molar-refractivity contribution in [1.29, 1.82) is 0 Å². The fourth-order valence-electron chi connectivity index (χ4n) is 3.04. The first-order valence-corrected chi connectivity index (χ1v) is 7.33. The van der Waals surface area contributed by atoms with E-state index in [0.29, 0.717) is 12.4 Å². The van der Waals surface area contributed by atoms with E-state index in [1.54, 1.807) is 17.0 Å². The lowest BCUT2D eigenvalue weighted by atomic mass is 9.93. The first kappa shape index (κ1) is 14.6. The molecule has 5 nitrogen and oxygen atoms in total. The minimum Gasteiger partial charge on any atom is -0.384 e. The summed E-state index contributed by atoms with van der Waals surface area (Å²) in [6.07, 6.45) is 0.735. The smallest absolute Gasteiger partial charge is 0.244 e. The highest BCUT2D eigenvalue weighted by Crippen LogP contribution is 2.30. The number of anilines is 1. The molecule has 0 saturated carbocycles. The molecule has 2 N–H and O–H groups in total. The topological polar surface area (TPSA) is 64.2 Å². The van der Waals surface area contributed by atoms with Gasteiger partial charge in [0.2, 0.25) is 5.91 Å². The molecule has 0 saturated heterocycles. The summed E-state index contributed by atoms with van der Waals surface area (Å²) in [6, 6.07) is 6.38. The van der Waals surface area contributed by atoms with Gasteiger partial charge >= 0.3 is 0 Å². The molecule has 0 radical (unpaired) electrons. The van der Waals surface area contributed by atoms with Crippen molar-refractivity contribution >= 4 is 11.7 Å². The predicted octanol–water partition coefficient (Wildman–Crippen LogP) is 2.06. The summed E-state index contributed by atoms with van der Waals surface area (Å²) in [7, 11) is 0. The minimum atomic E-state index is -0.271. The first-order valence-electron chi connectivity index (χ1n) is 7.33. The first-order chi connectivity index (χ1) is 10.5. The average molecular weight is 302 g/mol. The van der Waals surface area contributed by atoms with Crippen LogP contribution in [0.5, 0.6) is 0 Å². The second-order valence-corrected chi connectivity index (χ2v) is 5.72. The molecule has 116 valence electrons. The van der Waals surface area contributed by atoms with E-state index in [1.165, 1.54) is 16.8 Å². The third-order valence-corrected chi connectivity index (χ3v) is 4.19. The second-order valence-electron chi connectivity index (χ2n) is 5.72. The zero-order chi connectivity index (χ0) is 15.9. The molecule has 0 unspecified atom stereocenters. The van der Waals surface area contributed by atoms with Crippen molar-refractivity contribution in [3.8, 4) is 0 Å². The van der Waals surface area contributed by atoms with E-state index in [2.05, 4.69) is 5.10 Å². The molecule has 1 aromatic heterocycles. The van der Waals surface area contributed by atoms with E-state index < -0.39 is 0 Å². The molecule has 22 heavy (non-hydrogen) atoms. The molecule has 1 atom stereocenters. The van der Waals surface area contributed by atoms with Gasteiger partial charge in [0.05, 0.1) is 11.7 Å². The summed E-state index contributed by atoms with van der Waals surface area (Å²) < 4.78 is 15.0. The Labute approximate surface area is 128 Å². The van der Waals surface area contributed by atoms with E-state index in [-0.39, 0.29) is 24.3 Å². The van der Waals surface area contributed by atoms with Gasteiger partial charge in [-0.05, 0) is 43.5 Å². The Morgan fingerprint density at radius 3 is 2.91 bits per heavy atom. The van der Waals surface area contributed by atoms with Gasteiger partial charge in [0.25, 0.3) is 0 Å². The molecule has 0 fully saturated rings. The molecular weight excluding hydrogens is 283 g/mol. The number of hydrogen-bond donors (Lipinski definition) is 1. The lowest BCUT2D eigenvalue weighted by molar-refractivity contribution is -0.134. The van der Waals surface area contributed by atoms with Gasteiger partial charge in [-0.25, -0.2) is 9.07 Å². The number of nitrogens with zero attached hydrogens (tertiary/aromatic N) is 3. The van der Waals surface area contributed by atoms with Crippen LogP contribution in [0.2, 0.25) is 0 Å². The Balaban J connectivity index is 1.81. The predicted molar refractivity (Wildman–Crippen MR) is 81.6 cm³/mol. The van der Waals surface area contributed by atoms with Crippen molar-refractivity contribution in [1.82, 2.24) is 14.7 Å². The number of benzene rings is 1. The van der Waals surface area contributed by atoms with E-state index in [9.17, 15) is 9.18 Å². The van der Waals surface area contributed by atoms with Crippen LogP contribution in [-0.2, 0) is 17.8 Å². The van der Waals surface area contributed by atoms with E-state index in [0.717, 1.165) is 23.2 Å². The summed E-state index contributed by atoms with van der Waals surface area (Å²) in [5, 5.41) is 4.21. The van der Waals surface area contributed by atoms with Crippen LogP contribution < -0.4 is 5.73 Å². The second kappa shape index (κ2) is 5.44. The Morgan fingerprint density at radius 2 is 2.23 bits per heavy atom. The maximum Gasteiger partial charge on any atom is 0.244 e. The van der Waals surface area contributed by atoms with E-state index in [4.69, 9.17) is 5.73 Å². The van der Waals surface area contributed by atoms with E-state index >= 15 is 0 Å². The zero-order valence-electron chi connectivity index (χ0n) is 12.7. The molecular formula is C16H19FN4O. The number of aryl methyl sites for hydroxylation is 1. The van der Waals surface area contributed by atoms with Crippen LogP contribution in [0, 0.1) is 12.7 Å². The Kier molecular flexibility index (Phi) is 3.60. The van der Waals surface area contributed by atoms with Crippen LogP contribution in [0.3, 0.4) is 0 Å². The fourth-order valence-corrected chi connectivity index (χ4v) is 3.04. The maximum absolute atomic E-state index is 13.5. The van der Waals surface area contributed by atoms with Crippen LogP contribution in [0.15, 0.2) is 24.3 Å². The highest BCUT2D eigenvalue weighted by atomic mass is 19.1. The number of aromatic nitrogens is 2. The van der Waals surface area contributed by atoms with Crippen LogP contribution >= 0.6 is 0 Å². The number of fused-ring (bicyclic) bond motifs is 1. The number of nitrogens with two attached hydrogens (primary N) is 1. The third-order valence-electron chi connectivity index (χ3n) is 4.19. The molecule has 1 amide bonds. The van der Waals surface area contributed by atoms with Gasteiger partial charge in [0.15, 0.2) is 0 Å². The van der Waals surface area contributed by atoms with Crippen molar-refractivity contribution in [2.24, 2.45) is 0 Å². The van der Waals surface area contributed by atoms with Crippen molar-refractivity contribution in [3.63, 3.8) is 0 Å². The molecule has 1 aromatic carbocycles. The summed E-state index contributed by atoms with van der Waals surface area (Å²) >= 11 is 0. The third kappa shape index (κ3) is 2.56. The average Bonchev–Trinajstić information content (AvgIpc) is 2.77. The molecule has 2 heterocycles. The summed E-state index contributed by atoms with van der Waals surface area (Å²) in [4.78, 5) is 14.3. The Hall–Kier alpha value is -2.37. The number of hydrogen-bond acceptors (Lipinski definition) is 3. The largest absolute Gasteiger partial charge is 0.384 e. The minimum absolute atomic E-state index is 0.0581. The van der Waals surface area contributed by atoms with Gasteiger partial charge in [-0.15, -0.1) is 0 Å². The molecule has 1 aliphatic rings. The number of nitrogen functional groups attached to an aromatic ring is 1. The fraction of sp³-hybridized carbons (Fsp3) is 0.375. The molecule has 0 bridgehead atoms. The number of carbonyl (C=O) groups excluding carboxylic acids is 1. The van der Waals surface area contributed by atoms with Gasteiger partial charge in [0, 0.05) is 12.6 Å². The van der Waals surface area contributed by atoms with Gasteiger partial charge in [-0.2, -0.15) is 5.10 Å². The number of carbonyl (C=O) groups is 1. The molecule has 0 aliphatic carbocycles. The van der Waals surface area contributed by atoms with Crippen molar-refractivity contribution < 1.29 is 9.18 Å². The Morgan fingerprint density at radius 1 is 1.45 bits per heavy atom. The van der Waals surface area contributed by atoms with Crippen LogP contribution in [0.4, 0.5) is 10.2 Å². The molecule has 0 spiro atoms. The van der Waals surface area contributed by atoms with Crippen LogP contribution in [0.1, 0.15) is 29.8 Å². The summed E-state index contributed by atoms with van der Waals surface area (Å²) in [5.74, 6) is 0.144. The van der Waals surface area contributed by atoms with Crippen molar-refractivity contribution in [3.05, 3.63) is 46.9 Å². The Bertz CT molecular complexity index is 725. The highest BCUT2D eigenvalue weighted by Gasteiger charge is 2.28. The van der Waals surface area contributed by atoms with Crippen LogP contribution in [-0.4, -0.2) is 27.1 Å². The maximum atomic E-state index is 13.5. The number of rotatable bonds is 2. The van der Waals surface area contributed by atoms with Crippen molar-refractivity contribution in [2.75, 3.05) is 12.3 Å². The van der Waals surface area contributed by atoms with Crippen molar-refractivity contribution in [2.45, 2.75) is 32.9 Å². The monoisotopic (exact) mass is 302 g/mol. The standard InChI is InChI=1S/C16H19FN4O/c1-10-7-15(18)21(19-10)9-16(22)20-6-5-12-3-4-13(17)8-14(12)11(20)2/h3-4,7-8,11H,5-6,9,18H2,1-2H3/t11-/m0/s1. The number of amides is 1.